The van der Waals surface area contributed by atoms with E-state index in [-0.39, 0.29) is 23.3 Å². The fraction of sp³-hybridized carbons (Fsp3) is 0.344. The number of aromatic nitrogens is 1. The number of nitrogens with one attached hydrogen (secondary N) is 1. The van der Waals surface area contributed by atoms with Gasteiger partial charge in [0.1, 0.15) is 18.0 Å². The first-order valence-electron chi connectivity index (χ1n) is 13.7. The molecule has 228 valence electrons. The van der Waals surface area contributed by atoms with Crippen LogP contribution in [-0.2, 0) is 35.0 Å². The summed E-state index contributed by atoms with van der Waals surface area (Å²) < 4.78 is 64.4. The largest absolute Gasteiger partial charge is 0.503 e. The Morgan fingerprint density at radius 1 is 1.09 bits per heavy atom. The molecule has 43 heavy (non-hydrogen) atoms. The number of amides is 1. The van der Waals surface area contributed by atoms with Crippen LogP contribution in [-0.4, -0.2) is 41.2 Å². The molecular weight excluding hydrogens is 568 g/mol. The van der Waals surface area contributed by atoms with Gasteiger partial charge in [-0.2, -0.15) is 13.2 Å². The van der Waals surface area contributed by atoms with Gasteiger partial charge in [-0.1, -0.05) is 30.4 Å². The van der Waals surface area contributed by atoms with Gasteiger partial charge in [0.2, 0.25) is 0 Å². The van der Waals surface area contributed by atoms with Crippen LogP contribution in [0.5, 0.6) is 11.5 Å². The minimum atomic E-state index is -4.45. The zero-order chi connectivity index (χ0) is 31.3. The lowest BCUT2D eigenvalue weighted by molar-refractivity contribution is -0.153. The second-order valence-corrected chi connectivity index (χ2v) is 10.5. The fourth-order valence-electron chi connectivity index (χ4n) is 5.20. The molecule has 7 nitrogen and oxygen atoms in total. The molecule has 0 unspecified atom stereocenters. The smallest absolute Gasteiger partial charge is 0.416 e. The molecular formula is C32H32F4N2O5. The number of ether oxygens (including phenoxy) is 2. The van der Waals surface area contributed by atoms with E-state index in [0.717, 1.165) is 17.2 Å². The molecule has 1 heterocycles. The summed E-state index contributed by atoms with van der Waals surface area (Å²) in [7, 11) is 1.32. The van der Waals surface area contributed by atoms with Gasteiger partial charge >= 0.3 is 12.1 Å². The van der Waals surface area contributed by atoms with Crippen molar-refractivity contribution in [3.63, 3.8) is 0 Å². The number of rotatable bonds is 9. The van der Waals surface area contributed by atoms with Crippen molar-refractivity contribution in [2.75, 3.05) is 7.11 Å². The third kappa shape index (κ3) is 7.71. The molecule has 0 saturated carbocycles. The van der Waals surface area contributed by atoms with Crippen LogP contribution in [0.2, 0.25) is 0 Å². The molecule has 1 aliphatic rings. The van der Waals surface area contributed by atoms with Gasteiger partial charge in [-0.05, 0) is 80.0 Å². The molecule has 11 heteroatoms. The monoisotopic (exact) mass is 600 g/mol. The average molecular weight is 601 g/mol. The van der Waals surface area contributed by atoms with Crippen LogP contribution >= 0.6 is 0 Å². The highest BCUT2D eigenvalue weighted by molar-refractivity contribution is 5.97. The van der Waals surface area contributed by atoms with E-state index in [4.69, 9.17) is 9.47 Å². The van der Waals surface area contributed by atoms with Gasteiger partial charge < -0.3 is 19.9 Å². The molecule has 4 rings (SSSR count). The number of nitrogens with zero attached hydrogens (tertiary/aromatic N) is 1. The van der Waals surface area contributed by atoms with Crippen LogP contribution in [0, 0.1) is 17.7 Å². The maximum absolute atomic E-state index is 13.6. The average Bonchev–Trinajstić information content (AvgIpc) is 3.18. The van der Waals surface area contributed by atoms with Gasteiger partial charge in [-0.25, -0.2) is 14.2 Å². The van der Waals surface area contributed by atoms with Gasteiger partial charge in [0.05, 0.1) is 12.7 Å². The molecule has 2 N–H and O–H groups in total. The van der Waals surface area contributed by atoms with E-state index in [9.17, 15) is 32.3 Å². The normalized spacial score (nSPS) is 16.8. The molecule has 1 aliphatic carbocycles. The molecule has 1 amide bonds. The Morgan fingerprint density at radius 2 is 1.81 bits per heavy atom. The van der Waals surface area contributed by atoms with Gasteiger partial charge in [-0.15, -0.1) is 0 Å². The number of pyridine rings is 1. The van der Waals surface area contributed by atoms with E-state index in [1.165, 1.54) is 50.6 Å². The molecule has 0 bridgehead atoms. The number of fused-ring (bicyclic) bond motifs is 1. The molecule has 0 saturated heterocycles. The molecule has 0 aliphatic heterocycles. The minimum Gasteiger partial charge on any atom is -0.503 e. The summed E-state index contributed by atoms with van der Waals surface area (Å²) in [4.78, 5) is 29.7. The van der Waals surface area contributed by atoms with Crippen molar-refractivity contribution in [2.45, 2.75) is 51.4 Å². The summed E-state index contributed by atoms with van der Waals surface area (Å²) >= 11 is 0. The number of hydrogen-bond donors (Lipinski definition) is 2. The summed E-state index contributed by atoms with van der Waals surface area (Å²) in [5.41, 5.74) is 1.09. The maximum atomic E-state index is 13.6. The molecule has 2 aromatic carbocycles. The Hall–Kier alpha value is -4.41. The SMILES string of the molecule is COc1ccnc(C(=O)N[C@@H](C)C(=O)O[C@@H](C)[C@H](Cc2ccc(F)cc2)[C@@H]2C=CCc3cc(C(F)(F)F)ccc3C2)c1O. The summed E-state index contributed by atoms with van der Waals surface area (Å²) in [5, 5.41) is 12.7. The van der Waals surface area contributed by atoms with E-state index in [0.29, 0.717) is 24.8 Å². The van der Waals surface area contributed by atoms with E-state index < -0.39 is 47.3 Å². The van der Waals surface area contributed by atoms with Gasteiger partial charge in [0, 0.05) is 18.2 Å². The lowest BCUT2D eigenvalue weighted by Gasteiger charge is -2.31. The number of halogens is 4. The number of benzene rings is 2. The minimum absolute atomic E-state index is 0.0419. The predicted molar refractivity (Wildman–Crippen MR) is 150 cm³/mol. The molecule has 4 atom stereocenters. The number of methoxy groups -OCH3 is 1. The van der Waals surface area contributed by atoms with Crippen LogP contribution in [0.4, 0.5) is 17.6 Å². The molecule has 0 radical (unpaired) electrons. The quantitative estimate of drug-likeness (QED) is 0.182. The second kappa shape index (κ2) is 13.3. The van der Waals surface area contributed by atoms with E-state index >= 15 is 0 Å². The number of esters is 1. The maximum Gasteiger partial charge on any atom is 0.416 e. The van der Waals surface area contributed by atoms with Gasteiger partial charge in [0.25, 0.3) is 5.91 Å². The van der Waals surface area contributed by atoms with Crippen LogP contribution in [0.1, 0.15) is 46.6 Å². The van der Waals surface area contributed by atoms with Crippen molar-refractivity contribution < 1.29 is 41.7 Å². The second-order valence-electron chi connectivity index (χ2n) is 10.5. The molecule has 1 aromatic heterocycles. The van der Waals surface area contributed by atoms with Crippen molar-refractivity contribution in [1.29, 1.82) is 0 Å². The van der Waals surface area contributed by atoms with E-state index in [1.54, 1.807) is 19.1 Å². The number of alkyl halides is 3. The van der Waals surface area contributed by atoms with Gasteiger partial charge in [-0.3, -0.25) is 4.79 Å². The Kier molecular flexibility index (Phi) is 9.73. The highest BCUT2D eigenvalue weighted by Gasteiger charge is 2.34. The first-order chi connectivity index (χ1) is 20.4. The Balaban J connectivity index is 1.53. The van der Waals surface area contributed by atoms with Crippen LogP contribution in [0.25, 0.3) is 0 Å². The first kappa shape index (κ1) is 31.5. The molecule has 0 fully saturated rings. The highest BCUT2D eigenvalue weighted by Crippen LogP contribution is 2.35. The Bertz CT molecular complexity index is 1490. The molecule has 0 spiro atoms. The van der Waals surface area contributed by atoms with Crippen LogP contribution < -0.4 is 10.1 Å². The van der Waals surface area contributed by atoms with Crippen molar-refractivity contribution >= 4 is 11.9 Å². The zero-order valence-electron chi connectivity index (χ0n) is 23.8. The summed E-state index contributed by atoms with van der Waals surface area (Å²) in [6.07, 6.45) is 0.986. The third-order valence-corrected chi connectivity index (χ3v) is 7.57. The van der Waals surface area contributed by atoms with Crippen molar-refractivity contribution in [3.8, 4) is 11.5 Å². The van der Waals surface area contributed by atoms with E-state index in [1.807, 2.05) is 12.2 Å². The molecule has 3 aromatic rings. The van der Waals surface area contributed by atoms with Crippen molar-refractivity contribution in [1.82, 2.24) is 10.3 Å². The number of allylic oxidation sites excluding steroid dienone is 2. The third-order valence-electron chi connectivity index (χ3n) is 7.57. The van der Waals surface area contributed by atoms with Crippen LogP contribution in [0.3, 0.4) is 0 Å². The van der Waals surface area contributed by atoms with E-state index in [2.05, 4.69) is 10.3 Å². The lowest BCUT2D eigenvalue weighted by Crippen LogP contribution is -2.42. The lowest BCUT2D eigenvalue weighted by atomic mass is 9.79. The number of hydrogen-bond acceptors (Lipinski definition) is 6. The van der Waals surface area contributed by atoms with Crippen molar-refractivity contribution in [3.05, 3.63) is 101 Å². The number of aromatic hydroxyl groups is 1. The fourth-order valence-corrected chi connectivity index (χ4v) is 5.20. The van der Waals surface area contributed by atoms with Crippen LogP contribution in [0.15, 0.2) is 66.9 Å². The topological polar surface area (TPSA) is 97.8 Å². The summed E-state index contributed by atoms with van der Waals surface area (Å²) in [5.74, 6) is -2.94. The summed E-state index contributed by atoms with van der Waals surface area (Å²) in [6.45, 7) is 3.14. The first-order valence-corrected chi connectivity index (χ1v) is 13.7. The van der Waals surface area contributed by atoms with Crippen molar-refractivity contribution in [2.24, 2.45) is 11.8 Å². The predicted octanol–water partition coefficient (Wildman–Crippen LogP) is 5.83. The highest BCUT2D eigenvalue weighted by atomic mass is 19.4. The number of carbonyl (C=O) groups excluding carboxylic acids is 2. The standard InChI is InChI=1S/C32H32F4N2O5/c1-18(38-30(40)28-29(39)27(42-3)13-14-37-28)31(41)43-19(2)26(15-20-7-11-25(33)12-8-20)23-6-4-5-21-17-24(32(34,35)36)10-9-22(21)16-23/h4,6-14,17-19,23,26,39H,5,15-16H2,1-3H3,(H,38,40)/t18-,19-,23+,26-/m0/s1. The van der Waals surface area contributed by atoms with Gasteiger partial charge in [0.15, 0.2) is 17.2 Å². The Morgan fingerprint density at radius 3 is 2.49 bits per heavy atom. The number of carbonyl (C=O) groups is 2. The summed E-state index contributed by atoms with van der Waals surface area (Å²) in [6, 6.07) is 9.93. The Labute approximate surface area is 246 Å². The zero-order valence-corrected chi connectivity index (χ0v) is 23.8.